The fourth-order valence-electron chi connectivity index (χ4n) is 0.873. The van der Waals surface area contributed by atoms with Crippen molar-refractivity contribution in [3.63, 3.8) is 0 Å². The summed E-state index contributed by atoms with van der Waals surface area (Å²) in [6.07, 6.45) is 0. The first-order valence-corrected chi connectivity index (χ1v) is 4.82. The molecule has 0 aliphatic rings. The maximum atomic E-state index is 8.62. The maximum Gasteiger partial charge on any atom is 0.119 e. The minimum absolute atomic E-state index is 0.119. The molecule has 1 aromatic rings. The Morgan fingerprint density at radius 1 is 1.33 bits per heavy atom. The van der Waals surface area contributed by atoms with E-state index in [9.17, 15) is 0 Å². The van der Waals surface area contributed by atoms with Crippen LogP contribution in [0.2, 0.25) is 0 Å². The van der Waals surface area contributed by atoms with Gasteiger partial charge in [0.1, 0.15) is 5.75 Å². The van der Waals surface area contributed by atoms with Crippen LogP contribution in [-0.2, 0) is 0 Å². The van der Waals surface area contributed by atoms with Crippen molar-refractivity contribution in [3.8, 4) is 5.75 Å². The Balaban J connectivity index is 2.58. The smallest absolute Gasteiger partial charge is 0.119 e. The summed E-state index contributed by atoms with van der Waals surface area (Å²) in [5.74, 6) is 0.994. The lowest BCUT2D eigenvalue weighted by atomic mass is 10.3. The van der Waals surface area contributed by atoms with E-state index in [1.54, 1.807) is 0 Å². The number of ether oxygens (including phenoxy) is 1. The van der Waals surface area contributed by atoms with Crippen LogP contribution in [0.4, 0.5) is 0 Å². The zero-order chi connectivity index (χ0) is 8.81. The fraction of sp³-hybridized carbons (Fsp3) is 0.333. The van der Waals surface area contributed by atoms with Crippen molar-refractivity contribution in [1.29, 1.82) is 0 Å². The largest absolute Gasteiger partial charge is 0.494 e. The van der Waals surface area contributed by atoms with Crippen LogP contribution in [0.15, 0.2) is 29.2 Å². The molecule has 12 heavy (non-hydrogen) atoms. The third-order valence-electron chi connectivity index (χ3n) is 1.37. The first-order chi connectivity index (χ1) is 5.86. The lowest BCUT2D eigenvalue weighted by Crippen LogP contribution is -1.90. The van der Waals surface area contributed by atoms with Gasteiger partial charge in [0.05, 0.1) is 12.5 Å². The van der Waals surface area contributed by atoms with Crippen LogP contribution in [0.1, 0.15) is 6.92 Å². The van der Waals surface area contributed by atoms with Gasteiger partial charge in [-0.3, -0.25) is 0 Å². The number of benzene rings is 1. The summed E-state index contributed by atoms with van der Waals surface area (Å²) in [7, 11) is 0. The van der Waals surface area contributed by atoms with Crippen molar-refractivity contribution < 1.29 is 9.84 Å². The lowest BCUT2D eigenvalue weighted by molar-refractivity contribution is 0.340. The summed E-state index contributed by atoms with van der Waals surface area (Å²) in [4.78, 5) is 1.06. The highest BCUT2D eigenvalue weighted by Crippen LogP contribution is 2.20. The van der Waals surface area contributed by atoms with E-state index in [0.717, 1.165) is 10.6 Å². The fourth-order valence-corrected chi connectivity index (χ4v) is 1.35. The molecule has 0 saturated carbocycles. The Morgan fingerprint density at radius 3 is 2.50 bits per heavy atom. The minimum atomic E-state index is 0.119. The first-order valence-electron chi connectivity index (χ1n) is 3.83. The molecule has 0 heterocycles. The number of hydrogen-bond donors (Lipinski definition) is 1. The van der Waals surface area contributed by atoms with Crippen molar-refractivity contribution in [2.45, 2.75) is 11.8 Å². The van der Waals surface area contributed by atoms with Crippen LogP contribution in [-0.4, -0.2) is 17.7 Å². The number of aliphatic hydroxyl groups is 1. The normalized spacial score (nSPS) is 9.83. The standard InChI is InChI=1S/C9H12O2S/c1-2-11-8-3-5-9(6-4-8)12-7-10/h3-6,10H,2,7H2,1H3. The molecule has 0 amide bonds. The van der Waals surface area contributed by atoms with Crippen molar-refractivity contribution >= 4 is 11.8 Å². The third-order valence-corrected chi connectivity index (χ3v) is 2.10. The lowest BCUT2D eigenvalue weighted by Gasteiger charge is -2.02. The molecule has 3 heteroatoms. The predicted molar refractivity (Wildman–Crippen MR) is 50.6 cm³/mol. The number of rotatable bonds is 4. The van der Waals surface area contributed by atoms with Gasteiger partial charge in [0.15, 0.2) is 0 Å². The Labute approximate surface area is 76.6 Å². The molecular weight excluding hydrogens is 172 g/mol. The molecule has 0 aliphatic carbocycles. The second-order valence-electron chi connectivity index (χ2n) is 2.18. The van der Waals surface area contributed by atoms with E-state index in [4.69, 9.17) is 9.84 Å². The summed E-state index contributed by atoms with van der Waals surface area (Å²) in [5.41, 5.74) is 0. The molecule has 2 nitrogen and oxygen atoms in total. The summed E-state index contributed by atoms with van der Waals surface area (Å²) >= 11 is 1.40. The number of hydrogen-bond acceptors (Lipinski definition) is 3. The molecule has 1 rings (SSSR count). The highest BCUT2D eigenvalue weighted by Gasteiger charge is 1.93. The van der Waals surface area contributed by atoms with E-state index in [1.165, 1.54) is 11.8 Å². The van der Waals surface area contributed by atoms with Gasteiger partial charge in [0, 0.05) is 4.90 Å². The SMILES string of the molecule is CCOc1ccc(SCO)cc1. The topological polar surface area (TPSA) is 29.5 Å². The second kappa shape index (κ2) is 5.06. The molecule has 0 aromatic heterocycles. The summed E-state index contributed by atoms with van der Waals surface area (Å²) < 4.78 is 5.27. The predicted octanol–water partition coefficient (Wildman–Crippen LogP) is 2.13. The highest BCUT2D eigenvalue weighted by molar-refractivity contribution is 7.99. The second-order valence-corrected chi connectivity index (χ2v) is 3.20. The van der Waals surface area contributed by atoms with Gasteiger partial charge in [-0.2, -0.15) is 0 Å². The Morgan fingerprint density at radius 2 is 2.00 bits per heavy atom. The zero-order valence-electron chi connectivity index (χ0n) is 6.99. The van der Waals surface area contributed by atoms with Crippen molar-refractivity contribution in [2.75, 3.05) is 12.5 Å². The third kappa shape index (κ3) is 2.75. The van der Waals surface area contributed by atoms with Crippen LogP contribution in [0.3, 0.4) is 0 Å². The molecule has 0 unspecified atom stereocenters. The van der Waals surface area contributed by atoms with E-state index in [-0.39, 0.29) is 5.94 Å². The van der Waals surface area contributed by atoms with E-state index < -0.39 is 0 Å². The van der Waals surface area contributed by atoms with Crippen LogP contribution >= 0.6 is 11.8 Å². The summed E-state index contributed by atoms with van der Waals surface area (Å²) in [5, 5.41) is 8.62. The highest BCUT2D eigenvalue weighted by atomic mass is 32.2. The van der Waals surface area contributed by atoms with Crippen molar-refractivity contribution in [1.82, 2.24) is 0 Å². The molecule has 0 fully saturated rings. The van der Waals surface area contributed by atoms with E-state index in [0.29, 0.717) is 6.61 Å². The maximum absolute atomic E-state index is 8.62. The van der Waals surface area contributed by atoms with Crippen molar-refractivity contribution in [3.05, 3.63) is 24.3 Å². The molecule has 0 saturated heterocycles. The van der Waals surface area contributed by atoms with Gasteiger partial charge in [0.2, 0.25) is 0 Å². The number of aliphatic hydroxyl groups excluding tert-OH is 1. The van der Waals surface area contributed by atoms with Gasteiger partial charge in [-0.15, -0.1) is 0 Å². The molecule has 0 bridgehead atoms. The van der Waals surface area contributed by atoms with Crippen LogP contribution in [0.5, 0.6) is 5.75 Å². The van der Waals surface area contributed by atoms with Crippen LogP contribution in [0.25, 0.3) is 0 Å². The van der Waals surface area contributed by atoms with Crippen LogP contribution < -0.4 is 4.74 Å². The molecule has 1 aromatic carbocycles. The molecule has 0 radical (unpaired) electrons. The quantitative estimate of drug-likeness (QED) is 0.574. The Kier molecular flexibility index (Phi) is 3.97. The monoisotopic (exact) mass is 184 g/mol. The first kappa shape index (κ1) is 9.42. The van der Waals surface area contributed by atoms with Gasteiger partial charge >= 0.3 is 0 Å². The van der Waals surface area contributed by atoms with Gasteiger partial charge in [-0.05, 0) is 31.2 Å². The Bertz CT molecular complexity index is 195. The van der Waals surface area contributed by atoms with Gasteiger partial charge in [-0.1, -0.05) is 11.8 Å². The molecule has 0 spiro atoms. The van der Waals surface area contributed by atoms with E-state index >= 15 is 0 Å². The van der Waals surface area contributed by atoms with E-state index in [2.05, 4.69) is 0 Å². The molecule has 1 N–H and O–H groups in total. The average molecular weight is 184 g/mol. The van der Waals surface area contributed by atoms with E-state index in [1.807, 2.05) is 31.2 Å². The summed E-state index contributed by atoms with van der Waals surface area (Å²) in [6.45, 7) is 2.64. The molecular formula is C9H12O2S. The summed E-state index contributed by atoms with van der Waals surface area (Å²) in [6, 6.07) is 7.68. The van der Waals surface area contributed by atoms with Crippen LogP contribution in [0, 0.1) is 0 Å². The van der Waals surface area contributed by atoms with Gasteiger partial charge in [0.25, 0.3) is 0 Å². The molecule has 0 atom stereocenters. The van der Waals surface area contributed by atoms with Crippen molar-refractivity contribution in [2.24, 2.45) is 0 Å². The Hall–Kier alpha value is -0.670. The average Bonchev–Trinajstić information content (AvgIpc) is 2.09. The molecule has 66 valence electrons. The van der Waals surface area contributed by atoms with Gasteiger partial charge in [-0.25, -0.2) is 0 Å². The minimum Gasteiger partial charge on any atom is -0.494 e. The van der Waals surface area contributed by atoms with Gasteiger partial charge < -0.3 is 9.84 Å². The molecule has 0 aliphatic heterocycles. The zero-order valence-corrected chi connectivity index (χ0v) is 7.80. The number of thioether (sulfide) groups is 1.